The summed E-state index contributed by atoms with van der Waals surface area (Å²) in [5.41, 5.74) is 10.5. The van der Waals surface area contributed by atoms with Crippen molar-refractivity contribution in [2.24, 2.45) is 5.73 Å². The molecule has 8 aromatic rings. The zero-order valence-electron chi connectivity index (χ0n) is 39.6. The summed E-state index contributed by atoms with van der Waals surface area (Å²) < 4.78 is 81.2. The van der Waals surface area contributed by atoms with E-state index in [1.807, 2.05) is 67.3 Å². The number of carbonyl (C=O) groups excluding carboxylic acids is 1. The molecule has 0 saturated heterocycles. The summed E-state index contributed by atoms with van der Waals surface area (Å²) in [6, 6.07) is 25.3. The number of alkyl halides is 6. The highest BCUT2D eigenvalue weighted by atomic mass is 19.4. The third-order valence-electron chi connectivity index (χ3n) is 12.1. The summed E-state index contributed by atoms with van der Waals surface area (Å²) in [6.45, 7) is 9.76. The van der Waals surface area contributed by atoms with E-state index in [1.165, 1.54) is 12.1 Å². The number of nitrogens with one attached hydrogen (secondary N) is 3. The normalized spacial score (nSPS) is 13.8. The summed E-state index contributed by atoms with van der Waals surface area (Å²) in [5, 5.41) is 48.6. The maximum Gasteiger partial charge on any atom is 0.416 e. The van der Waals surface area contributed by atoms with Crippen molar-refractivity contribution in [3.05, 3.63) is 153 Å². The van der Waals surface area contributed by atoms with E-state index in [1.54, 1.807) is 40.2 Å². The largest absolute Gasteiger partial charge is 0.477 e. The molecule has 25 heteroatoms. The highest BCUT2D eigenvalue weighted by Crippen LogP contribution is 2.35. The molecule has 0 radical (unpaired) electrons. The summed E-state index contributed by atoms with van der Waals surface area (Å²) in [6.07, 6.45) is -8.81. The third-order valence-corrected chi connectivity index (χ3v) is 12.1. The lowest BCUT2D eigenvalue weighted by Crippen LogP contribution is -2.29. The van der Waals surface area contributed by atoms with Crippen LogP contribution in [0.15, 0.2) is 97.1 Å². The van der Waals surface area contributed by atoms with Gasteiger partial charge in [-0.15, -0.1) is 20.4 Å². The quantitative estimate of drug-likeness (QED) is 0.0780. The first-order valence-corrected chi connectivity index (χ1v) is 22.7. The predicted octanol–water partition coefficient (Wildman–Crippen LogP) is 7.72. The number of carboxylic acids is 1. The van der Waals surface area contributed by atoms with E-state index in [4.69, 9.17) is 5.73 Å². The van der Waals surface area contributed by atoms with E-state index in [0.29, 0.717) is 77.5 Å². The number of H-pyrrole nitrogens is 2. The molecule has 2 atom stereocenters. The van der Waals surface area contributed by atoms with Crippen LogP contribution in [0.3, 0.4) is 0 Å². The van der Waals surface area contributed by atoms with Crippen LogP contribution in [0.5, 0.6) is 0 Å². The van der Waals surface area contributed by atoms with Crippen LogP contribution >= 0.6 is 0 Å². The number of nitrogens with two attached hydrogens (primary N) is 1. The zero-order chi connectivity index (χ0) is 52.2. The van der Waals surface area contributed by atoms with Gasteiger partial charge in [-0.05, 0) is 84.6 Å². The molecule has 0 spiro atoms. The number of benzene rings is 4. The molecule has 0 unspecified atom stereocenters. The van der Waals surface area contributed by atoms with Crippen molar-refractivity contribution in [1.82, 2.24) is 66.1 Å². The topological polar surface area (TPSA) is 243 Å². The van der Waals surface area contributed by atoms with E-state index in [9.17, 15) is 41.0 Å². The smallest absolute Gasteiger partial charge is 0.416 e. The second-order valence-electron chi connectivity index (χ2n) is 17.3. The number of carboxylic acid groups (broad SMARTS) is 1. The van der Waals surface area contributed by atoms with Gasteiger partial charge in [0.25, 0.3) is 5.91 Å². The molecule has 1 amide bonds. The molecular weight excluding hydrogens is 963 g/mol. The SMILES string of the molecule is C[C@H](N)c1ccc(-c2nn[nH]n2)cc1.Cc1nn2c(c1C(=O)N[C@@H](C)c1ccc(-c3nn[nH]n3)cc1)N(Cc1cccc(C(F)(F)F)c1)CC2.Cc1nn2c(c1C(=O)O)N(Cc1cccc(C(F)(F)F)c1)CC2. The van der Waals surface area contributed by atoms with Gasteiger partial charge in [-0.25, -0.2) is 14.2 Å². The summed E-state index contributed by atoms with van der Waals surface area (Å²) >= 11 is 0. The maximum absolute atomic E-state index is 13.3. The van der Waals surface area contributed by atoms with Crippen LogP contribution in [-0.4, -0.2) is 90.9 Å². The van der Waals surface area contributed by atoms with Crippen molar-refractivity contribution >= 4 is 23.5 Å². The number of tetrazole rings is 2. The van der Waals surface area contributed by atoms with E-state index >= 15 is 0 Å². The number of nitrogens with zero attached hydrogens (tertiary/aromatic N) is 12. The average molecular weight is 1010 g/mol. The Balaban J connectivity index is 0.000000163. The Bertz CT molecular complexity index is 3170. The molecule has 2 aliphatic rings. The van der Waals surface area contributed by atoms with E-state index in [-0.39, 0.29) is 36.6 Å². The van der Waals surface area contributed by atoms with Crippen molar-refractivity contribution in [1.29, 1.82) is 0 Å². The second kappa shape index (κ2) is 21.1. The summed E-state index contributed by atoms with van der Waals surface area (Å²) in [5.74, 6) is 0.764. The Morgan fingerprint density at radius 2 is 1.10 bits per heavy atom. The lowest BCUT2D eigenvalue weighted by molar-refractivity contribution is -0.138. The lowest BCUT2D eigenvalue weighted by atomic mass is 10.1. The number of halogens is 6. The monoisotopic (exact) mass is 1010 g/mol. The first-order valence-electron chi connectivity index (χ1n) is 22.7. The summed E-state index contributed by atoms with van der Waals surface area (Å²) in [4.78, 5) is 28.4. The molecule has 2 aliphatic heterocycles. The Labute approximate surface area is 412 Å². The van der Waals surface area contributed by atoms with Gasteiger partial charge in [0.2, 0.25) is 11.6 Å². The molecule has 19 nitrogen and oxygen atoms in total. The van der Waals surface area contributed by atoms with Crippen LogP contribution in [0.25, 0.3) is 22.8 Å². The van der Waals surface area contributed by atoms with Crippen LogP contribution in [0.4, 0.5) is 38.0 Å². The number of aryl methyl sites for hydroxylation is 2. The fourth-order valence-electron chi connectivity index (χ4n) is 8.47. The number of aromatic carboxylic acids is 1. The zero-order valence-corrected chi connectivity index (χ0v) is 39.6. The molecule has 4 aromatic heterocycles. The number of hydrogen-bond donors (Lipinski definition) is 5. The number of aromatic nitrogens is 12. The van der Waals surface area contributed by atoms with Gasteiger partial charge in [0.15, 0.2) is 0 Å². The molecule has 6 N–H and O–H groups in total. The molecule has 0 bridgehead atoms. The number of aromatic amines is 2. The van der Waals surface area contributed by atoms with Gasteiger partial charge in [-0.2, -0.15) is 47.0 Å². The van der Waals surface area contributed by atoms with Crippen molar-refractivity contribution in [2.75, 3.05) is 22.9 Å². The Morgan fingerprint density at radius 3 is 1.51 bits per heavy atom. The molecule has 4 aromatic carbocycles. The molecule has 0 fully saturated rings. The number of fused-ring (bicyclic) bond motifs is 2. The van der Waals surface area contributed by atoms with E-state index in [2.05, 4.69) is 56.8 Å². The molecule has 10 rings (SSSR count). The van der Waals surface area contributed by atoms with Gasteiger partial charge in [0.1, 0.15) is 22.8 Å². The molecule has 6 heterocycles. The Morgan fingerprint density at radius 1 is 0.658 bits per heavy atom. The standard InChI is InChI=1S/C24H23F3N8O.C15H14F3N3O2.C9H11N5/c1-14(17-6-8-18(9-7-17)21-29-32-33-30-21)28-22(36)20-15(2)31-35-11-10-34(23(20)35)13-16-4-3-5-19(12-16)24(25,26)27;1-9-12(14(22)23)13-20(5-6-21(13)19-9)8-10-3-2-4-11(7-10)15(16,17)18;1-6(10)7-2-4-8(5-3-7)9-11-13-14-12-9/h3-9,12,14H,10-11,13H2,1-2H3,(H,28,36)(H,29,30,32,33);2-4,7H,5-6,8H2,1H3,(H,22,23);2-6H,10H2,1H3,(H,11,12,13,14)/t14-;;6-/m0.0/s1. The van der Waals surface area contributed by atoms with Crippen LogP contribution in [0.1, 0.15) is 91.4 Å². The molecule has 0 aliphatic carbocycles. The van der Waals surface area contributed by atoms with Crippen molar-refractivity contribution in [3.63, 3.8) is 0 Å². The minimum atomic E-state index is -4.41. The van der Waals surface area contributed by atoms with E-state index < -0.39 is 29.4 Å². The molecule has 73 heavy (non-hydrogen) atoms. The first-order chi connectivity index (χ1) is 34.7. The van der Waals surface area contributed by atoms with Gasteiger partial charge in [-0.3, -0.25) is 4.79 Å². The number of hydrogen-bond acceptors (Lipinski definition) is 13. The molecule has 0 saturated carbocycles. The summed E-state index contributed by atoms with van der Waals surface area (Å²) in [7, 11) is 0. The van der Waals surface area contributed by atoms with Crippen LogP contribution in [-0.2, 0) is 38.5 Å². The van der Waals surface area contributed by atoms with Gasteiger partial charge < -0.3 is 26.0 Å². The molecular formula is C48H48F6N16O3. The minimum Gasteiger partial charge on any atom is -0.477 e. The third kappa shape index (κ3) is 11.7. The second-order valence-corrected chi connectivity index (χ2v) is 17.3. The highest BCUT2D eigenvalue weighted by Gasteiger charge is 2.35. The lowest BCUT2D eigenvalue weighted by Gasteiger charge is -2.21. The number of rotatable bonds is 11. The van der Waals surface area contributed by atoms with Gasteiger partial charge in [-0.1, -0.05) is 72.8 Å². The van der Waals surface area contributed by atoms with Gasteiger partial charge in [0.05, 0.1) is 41.6 Å². The number of amides is 1. The average Bonchev–Trinajstić information content (AvgIpc) is 4.23. The van der Waals surface area contributed by atoms with Crippen LogP contribution in [0.2, 0.25) is 0 Å². The highest BCUT2D eigenvalue weighted by molar-refractivity contribution is 6.00. The fraction of sp³-hybridized carbons (Fsp3) is 0.292. The van der Waals surface area contributed by atoms with E-state index in [0.717, 1.165) is 46.5 Å². The van der Waals surface area contributed by atoms with Crippen LogP contribution < -0.4 is 20.9 Å². The fourth-order valence-corrected chi connectivity index (χ4v) is 8.47. The van der Waals surface area contributed by atoms with Crippen molar-refractivity contribution in [3.8, 4) is 22.8 Å². The van der Waals surface area contributed by atoms with Crippen molar-refractivity contribution in [2.45, 2.75) is 78.3 Å². The van der Waals surface area contributed by atoms with Gasteiger partial charge >= 0.3 is 18.3 Å². The van der Waals surface area contributed by atoms with Crippen LogP contribution in [0, 0.1) is 13.8 Å². The number of carbonyl (C=O) groups is 2. The molecule has 380 valence electrons. The van der Waals surface area contributed by atoms with Gasteiger partial charge in [0, 0.05) is 43.3 Å². The Hall–Kier alpha value is -8.48. The first kappa shape index (κ1) is 50.9. The number of anilines is 2. The Kier molecular flexibility index (Phi) is 14.7. The minimum absolute atomic E-state index is 0.0503. The predicted molar refractivity (Wildman–Crippen MR) is 254 cm³/mol. The maximum atomic E-state index is 13.3. The van der Waals surface area contributed by atoms with Crippen molar-refractivity contribution < 1.29 is 41.0 Å².